The molecule has 1 aromatic carbocycles. The molecular formula is C21H20ClN5O2. The van der Waals surface area contributed by atoms with E-state index >= 15 is 0 Å². The summed E-state index contributed by atoms with van der Waals surface area (Å²) in [6.45, 7) is 0.425. The van der Waals surface area contributed by atoms with E-state index < -0.39 is 0 Å². The molecule has 8 heteroatoms. The smallest absolute Gasteiger partial charge is 0.272 e. The van der Waals surface area contributed by atoms with Crippen molar-refractivity contribution in [3.05, 3.63) is 52.9 Å². The number of ether oxygens (including phenoxy) is 1. The maximum atomic E-state index is 13.0. The van der Waals surface area contributed by atoms with Crippen LogP contribution in [0, 0.1) is 0 Å². The molecule has 0 aliphatic carbocycles. The molecule has 0 N–H and O–H groups in total. The number of aromatic nitrogens is 4. The second kappa shape index (κ2) is 7.42. The van der Waals surface area contributed by atoms with Crippen LogP contribution in [0.1, 0.15) is 16.2 Å². The fourth-order valence-electron chi connectivity index (χ4n) is 3.33. The van der Waals surface area contributed by atoms with E-state index in [9.17, 15) is 4.79 Å². The first-order valence-electron chi connectivity index (χ1n) is 9.02. The minimum absolute atomic E-state index is 0.190. The van der Waals surface area contributed by atoms with Gasteiger partial charge < -0.3 is 14.2 Å². The molecule has 0 saturated heterocycles. The summed E-state index contributed by atoms with van der Waals surface area (Å²) in [5, 5.41) is 2.22. The summed E-state index contributed by atoms with van der Waals surface area (Å²) >= 11 is 6.20. The Hall–Kier alpha value is -3.03. The summed E-state index contributed by atoms with van der Waals surface area (Å²) in [6.07, 6.45) is 1.69. The number of pyridine rings is 1. The first-order chi connectivity index (χ1) is 13.9. The van der Waals surface area contributed by atoms with Gasteiger partial charge >= 0.3 is 0 Å². The number of benzene rings is 1. The molecule has 1 amide bonds. The lowest BCUT2D eigenvalue weighted by molar-refractivity contribution is 0.0824. The number of hydrogen-bond acceptors (Lipinski definition) is 5. The molecule has 0 spiro atoms. The van der Waals surface area contributed by atoms with Crippen molar-refractivity contribution < 1.29 is 9.53 Å². The minimum atomic E-state index is -0.190. The Balaban J connectivity index is 2.01. The van der Waals surface area contributed by atoms with Crippen molar-refractivity contribution in [2.24, 2.45) is 7.05 Å². The highest BCUT2D eigenvalue weighted by atomic mass is 35.5. The molecule has 148 valence electrons. The Labute approximate surface area is 172 Å². The summed E-state index contributed by atoms with van der Waals surface area (Å²) < 4.78 is 7.04. The van der Waals surface area contributed by atoms with Gasteiger partial charge in [-0.15, -0.1) is 0 Å². The predicted molar refractivity (Wildman–Crippen MR) is 113 cm³/mol. The molecule has 0 fully saturated rings. The van der Waals surface area contributed by atoms with Crippen LogP contribution in [-0.2, 0) is 18.4 Å². The molecule has 0 atom stereocenters. The van der Waals surface area contributed by atoms with Crippen LogP contribution in [0.15, 0.2) is 36.5 Å². The van der Waals surface area contributed by atoms with Crippen molar-refractivity contribution >= 4 is 39.4 Å². The van der Waals surface area contributed by atoms with E-state index in [4.69, 9.17) is 21.3 Å². The zero-order chi connectivity index (χ0) is 20.7. The average Bonchev–Trinajstić information content (AvgIpc) is 2.99. The van der Waals surface area contributed by atoms with Crippen molar-refractivity contribution in [2.45, 2.75) is 6.61 Å². The van der Waals surface area contributed by atoms with Gasteiger partial charge in [-0.1, -0.05) is 17.7 Å². The van der Waals surface area contributed by atoms with Crippen LogP contribution in [0.3, 0.4) is 0 Å². The fourth-order valence-corrected chi connectivity index (χ4v) is 3.50. The minimum Gasteiger partial charge on any atom is -0.378 e. The van der Waals surface area contributed by atoms with Gasteiger partial charge in [-0.2, -0.15) is 0 Å². The number of methoxy groups -OCH3 is 1. The van der Waals surface area contributed by atoms with E-state index in [0.29, 0.717) is 34.2 Å². The van der Waals surface area contributed by atoms with Gasteiger partial charge in [0.15, 0.2) is 5.82 Å². The molecule has 4 aromatic rings. The number of hydrogen-bond donors (Lipinski definition) is 0. The van der Waals surface area contributed by atoms with Gasteiger partial charge in [-0.05, 0) is 24.3 Å². The number of aryl methyl sites for hydroxylation is 1. The van der Waals surface area contributed by atoms with Crippen LogP contribution >= 0.6 is 11.6 Å². The van der Waals surface area contributed by atoms with E-state index in [0.717, 1.165) is 22.2 Å². The number of carbonyl (C=O) groups is 1. The SMILES string of the molecule is COCc1ccc(-c2nc(C(=O)N(C)C)c3c4ccc(Cl)cc4n(C)c3n2)cn1. The van der Waals surface area contributed by atoms with E-state index in [1.807, 2.05) is 35.9 Å². The van der Waals surface area contributed by atoms with Crippen LogP contribution in [0.25, 0.3) is 33.3 Å². The van der Waals surface area contributed by atoms with E-state index in [-0.39, 0.29) is 5.91 Å². The predicted octanol–water partition coefficient (Wildman–Crippen LogP) is 3.69. The summed E-state index contributed by atoms with van der Waals surface area (Å²) in [7, 11) is 6.94. The summed E-state index contributed by atoms with van der Waals surface area (Å²) in [6, 6.07) is 9.31. The lowest BCUT2D eigenvalue weighted by Crippen LogP contribution is -2.23. The third-order valence-corrected chi connectivity index (χ3v) is 5.02. The molecule has 0 bridgehead atoms. The number of halogens is 1. The highest BCUT2D eigenvalue weighted by molar-refractivity contribution is 6.31. The van der Waals surface area contributed by atoms with Crippen LogP contribution in [0.2, 0.25) is 5.02 Å². The molecule has 29 heavy (non-hydrogen) atoms. The normalized spacial score (nSPS) is 11.3. The molecule has 3 heterocycles. The first-order valence-corrected chi connectivity index (χ1v) is 9.40. The second-order valence-electron chi connectivity index (χ2n) is 6.99. The standard InChI is InChI=1S/C21H20ClN5O2/c1-26(2)21(28)18-17-15-8-6-13(22)9-16(15)27(3)20(17)25-19(24-18)12-5-7-14(11-29-4)23-10-12/h5-10H,11H2,1-4H3. The highest BCUT2D eigenvalue weighted by Crippen LogP contribution is 2.32. The number of nitrogens with zero attached hydrogens (tertiary/aromatic N) is 5. The molecule has 3 aromatic heterocycles. The molecule has 0 aliphatic heterocycles. The second-order valence-corrected chi connectivity index (χ2v) is 7.42. The zero-order valence-electron chi connectivity index (χ0n) is 16.6. The fraction of sp³-hybridized carbons (Fsp3) is 0.238. The Morgan fingerprint density at radius 3 is 2.66 bits per heavy atom. The number of carbonyl (C=O) groups excluding carboxylic acids is 1. The summed E-state index contributed by atoms with van der Waals surface area (Å²) in [4.78, 5) is 28.3. The lowest BCUT2D eigenvalue weighted by atomic mass is 10.1. The molecule has 4 rings (SSSR count). The van der Waals surface area contributed by atoms with E-state index in [2.05, 4.69) is 9.97 Å². The number of amides is 1. The third kappa shape index (κ3) is 3.32. The first kappa shape index (κ1) is 19.3. The van der Waals surface area contributed by atoms with Crippen LogP contribution in [0.5, 0.6) is 0 Å². The summed E-state index contributed by atoms with van der Waals surface area (Å²) in [5.41, 5.74) is 3.44. The topological polar surface area (TPSA) is 73.1 Å². The zero-order valence-corrected chi connectivity index (χ0v) is 17.4. The van der Waals surface area contributed by atoms with Gasteiger partial charge in [0, 0.05) is 50.4 Å². The Morgan fingerprint density at radius 1 is 1.21 bits per heavy atom. The molecule has 0 unspecified atom stereocenters. The van der Waals surface area contributed by atoms with Gasteiger partial charge in [0.1, 0.15) is 11.3 Å². The molecule has 7 nitrogen and oxygen atoms in total. The maximum Gasteiger partial charge on any atom is 0.272 e. The quantitative estimate of drug-likeness (QED) is 0.514. The van der Waals surface area contributed by atoms with E-state index in [1.165, 1.54) is 4.90 Å². The Bertz CT molecular complexity index is 1230. The number of rotatable bonds is 4. The molecule has 0 aliphatic rings. The summed E-state index contributed by atoms with van der Waals surface area (Å²) in [5.74, 6) is 0.251. The molecule has 0 saturated carbocycles. The largest absolute Gasteiger partial charge is 0.378 e. The highest BCUT2D eigenvalue weighted by Gasteiger charge is 2.22. The van der Waals surface area contributed by atoms with Crippen LogP contribution in [0.4, 0.5) is 0 Å². The third-order valence-electron chi connectivity index (χ3n) is 4.78. The Morgan fingerprint density at radius 2 is 2.00 bits per heavy atom. The van der Waals surface area contributed by atoms with Crippen molar-refractivity contribution in [2.75, 3.05) is 21.2 Å². The van der Waals surface area contributed by atoms with Gasteiger partial charge in [-0.25, -0.2) is 9.97 Å². The molecular weight excluding hydrogens is 390 g/mol. The van der Waals surface area contributed by atoms with Crippen molar-refractivity contribution in [3.8, 4) is 11.4 Å². The van der Waals surface area contributed by atoms with Crippen LogP contribution in [-0.4, -0.2) is 51.5 Å². The van der Waals surface area contributed by atoms with Crippen molar-refractivity contribution in [1.29, 1.82) is 0 Å². The van der Waals surface area contributed by atoms with Crippen LogP contribution < -0.4 is 0 Å². The van der Waals surface area contributed by atoms with Gasteiger partial charge in [0.05, 0.1) is 23.2 Å². The number of fused-ring (bicyclic) bond motifs is 3. The van der Waals surface area contributed by atoms with Gasteiger partial charge in [0.25, 0.3) is 5.91 Å². The van der Waals surface area contributed by atoms with Gasteiger partial charge in [0.2, 0.25) is 0 Å². The molecule has 0 radical (unpaired) electrons. The van der Waals surface area contributed by atoms with Crippen molar-refractivity contribution in [1.82, 2.24) is 24.4 Å². The van der Waals surface area contributed by atoms with Crippen molar-refractivity contribution in [3.63, 3.8) is 0 Å². The van der Waals surface area contributed by atoms with E-state index in [1.54, 1.807) is 33.5 Å². The van der Waals surface area contributed by atoms with Gasteiger partial charge in [-0.3, -0.25) is 9.78 Å². The Kier molecular flexibility index (Phi) is 4.94. The monoisotopic (exact) mass is 409 g/mol. The maximum absolute atomic E-state index is 13.0. The lowest BCUT2D eigenvalue weighted by Gasteiger charge is -2.12. The average molecular weight is 410 g/mol.